The summed E-state index contributed by atoms with van der Waals surface area (Å²) in [4.78, 5) is 13.0. The summed E-state index contributed by atoms with van der Waals surface area (Å²) in [7, 11) is 0. The van der Waals surface area contributed by atoms with E-state index >= 15 is 0 Å². The number of rotatable bonds is 10. The number of amides is 1. The van der Waals surface area contributed by atoms with Crippen molar-refractivity contribution >= 4 is 23.3 Å². The lowest BCUT2D eigenvalue weighted by Crippen LogP contribution is -2.17. The maximum absolute atomic E-state index is 13.0. The molecule has 1 N–H and O–H groups in total. The summed E-state index contributed by atoms with van der Waals surface area (Å²) in [5.74, 6) is 1.70. The van der Waals surface area contributed by atoms with Gasteiger partial charge in [0.1, 0.15) is 5.82 Å². The molecule has 0 spiro atoms. The molecule has 2 aromatic carbocycles. The first-order chi connectivity index (χ1) is 15.0. The Morgan fingerprint density at radius 2 is 1.58 bits per heavy atom. The van der Waals surface area contributed by atoms with Crippen molar-refractivity contribution in [3.63, 3.8) is 0 Å². The second kappa shape index (κ2) is 10.7. The third kappa shape index (κ3) is 5.70. The number of nitrogens with zero attached hydrogens (tertiary/aromatic N) is 2. The van der Waals surface area contributed by atoms with Crippen molar-refractivity contribution < 1.29 is 19.0 Å². The maximum atomic E-state index is 13.0. The van der Waals surface area contributed by atoms with Crippen molar-refractivity contribution in [2.45, 2.75) is 27.3 Å². The largest absolute Gasteiger partial charge is 0.490 e. The number of nitrogens with one attached hydrogen (secondary N) is 1. The summed E-state index contributed by atoms with van der Waals surface area (Å²) >= 11 is 5.95. The number of anilines is 1. The second-order valence-corrected chi connectivity index (χ2v) is 6.99. The van der Waals surface area contributed by atoms with Crippen LogP contribution in [0, 0.1) is 0 Å². The normalized spacial score (nSPS) is 10.6. The van der Waals surface area contributed by atoms with Gasteiger partial charge in [-0.3, -0.25) is 4.79 Å². The topological polar surface area (TPSA) is 74.6 Å². The number of aromatic nitrogens is 2. The molecule has 7 nitrogen and oxygen atoms in total. The Kier molecular flexibility index (Phi) is 7.78. The van der Waals surface area contributed by atoms with Gasteiger partial charge in [-0.2, -0.15) is 5.10 Å². The molecule has 1 heterocycles. The molecule has 0 radical (unpaired) electrons. The number of hydrogen-bond donors (Lipinski definition) is 1. The van der Waals surface area contributed by atoms with Crippen LogP contribution in [0.5, 0.6) is 17.2 Å². The van der Waals surface area contributed by atoms with Gasteiger partial charge in [-0.25, -0.2) is 4.68 Å². The van der Waals surface area contributed by atoms with Gasteiger partial charge in [0.25, 0.3) is 5.91 Å². The SMILES string of the molecule is CCOc1cc(C(=O)Nc2ccnn2Cc2ccc(Cl)cc2)cc(OCC)c1OCC. The van der Waals surface area contributed by atoms with E-state index in [1.54, 1.807) is 29.1 Å². The number of benzene rings is 2. The summed E-state index contributed by atoms with van der Waals surface area (Å²) < 4.78 is 18.8. The first-order valence-corrected chi connectivity index (χ1v) is 10.6. The highest BCUT2D eigenvalue weighted by Crippen LogP contribution is 2.39. The summed E-state index contributed by atoms with van der Waals surface area (Å²) in [5.41, 5.74) is 1.41. The second-order valence-electron chi connectivity index (χ2n) is 6.56. The number of ether oxygens (including phenoxy) is 3. The van der Waals surface area contributed by atoms with Crippen molar-refractivity contribution in [2.75, 3.05) is 25.1 Å². The highest BCUT2D eigenvalue weighted by atomic mass is 35.5. The highest BCUT2D eigenvalue weighted by Gasteiger charge is 2.19. The summed E-state index contributed by atoms with van der Waals surface area (Å²) in [6, 6.07) is 12.6. The minimum Gasteiger partial charge on any atom is -0.490 e. The van der Waals surface area contributed by atoms with E-state index in [-0.39, 0.29) is 5.91 Å². The van der Waals surface area contributed by atoms with Crippen LogP contribution >= 0.6 is 11.6 Å². The van der Waals surface area contributed by atoms with Gasteiger partial charge in [-0.1, -0.05) is 23.7 Å². The van der Waals surface area contributed by atoms with E-state index in [2.05, 4.69) is 10.4 Å². The Morgan fingerprint density at radius 1 is 0.968 bits per heavy atom. The van der Waals surface area contributed by atoms with Crippen LogP contribution in [0.2, 0.25) is 5.02 Å². The molecule has 0 saturated heterocycles. The van der Waals surface area contributed by atoms with Crippen molar-refractivity contribution in [3.05, 3.63) is 64.8 Å². The van der Waals surface area contributed by atoms with Crippen molar-refractivity contribution in [3.8, 4) is 17.2 Å². The standard InChI is InChI=1S/C23H26ClN3O4/c1-4-29-19-13-17(14-20(30-5-2)22(19)31-6-3)23(28)26-21-11-12-25-27(21)15-16-7-9-18(24)10-8-16/h7-14H,4-6,15H2,1-3H3,(H,26,28). The molecule has 0 bridgehead atoms. The molecular weight excluding hydrogens is 418 g/mol. The number of halogens is 1. The fourth-order valence-electron chi connectivity index (χ4n) is 3.04. The molecule has 1 amide bonds. The Hall–Kier alpha value is -3.19. The van der Waals surface area contributed by atoms with Crippen LogP contribution < -0.4 is 19.5 Å². The van der Waals surface area contributed by atoms with Gasteiger partial charge in [0.2, 0.25) is 5.75 Å². The molecule has 8 heteroatoms. The van der Waals surface area contributed by atoms with E-state index in [0.717, 1.165) is 5.56 Å². The van der Waals surface area contributed by atoms with Gasteiger partial charge in [-0.05, 0) is 50.6 Å². The third-order valence-corrected chi connectivity index (χ3v) is 4.63. The molecule has 1 aromatic heterocycles. The fourth-order valence-corrected chi connectivity index (χ4v) is 3.16. The molecule has 0 fully saturated rings. The molecule has 0 aliphatic rings. The van der Waals surface area contributed by atoms with E-state index in [4.69, 9.17) is 25.8 Å². The van der Waals surface area contributed by atoms with Crippen LogP contribution in [0.4, 0.5) is 5.82 Å². The minimum atomic E-state index is -0.303. The molecule has 0 unspecified atom stereocenters. The van der Waals surface area contributed by atoms with Gasteiger partial charge in [0.15, 0.2) is 11.5 Å². The smallest absolute Gasteiger partial charge is 0.257 e. The predicted octanol–water partition coefficient (Wildman–Crippen LogP) is 5.03. The first-order valence-electron chi connectivity index (χ1n) is 10.2. The zero-order valence-electron chi connectivity index (χ0n) is 17.9. The Morgan fingerprint density at radius 3 is 2.16 bits per heavy atom. The molecule has 0 saturated carbocycles. The lowest BCUT2D eigenvalue weighted by Gasteiger charge is -2.17. The van der Waals surface area contributed by atoms with E-state index in [1.165, 1.54) is 0 Å². The van der Waals surface area contributed by atoms with E-state index in [1.807, 2.05) is 45.0 Å². The number of hydrogen-bond acceptors (Lipinski definition) is 5. The van der Waals surface area contributed by atoms with Crippen LogP contribution in [-0.2, 0) is 6.54 Å². The van der Waals surface area contributed by atoms with E-state index < -0.39 is 0 Å². The molecular formula is C23H26ClN3O4. The van der Waals surface area contributed by atoms with Gasteiger partial charge < -0.3 is 19.5 Å². The summed E-state index contributed by atoms with van der Waals surface area (Å²) in [6.45, 7) is 7.45. The molecule has 3 aromatic rings. The van der Waals surface area contributed by atoms with Gasteiger partial charge in [-0.15, -0.1) is 0 Å². The Bertz CT molecular complexity index is 991. The average molecular weight is 444 g/mol. The molecule has 0 atom stereocenters. The lowest BCUT2D eigenvalue weighted by molar-refractivity contribution is 0.102. The van der Waals surface area contributed by atoms with Crippen LogP contribution in [-0.4, -0.2) is 35.5 Å². The first kappa shape index (κ1) is 22.5. The molecule has 31 heavy (non-hydrogen) atoms. The van der Waals surface area contributed by atoms with E-state index in [9.17, 15) is 4.79 Å². The molecule has 3 rings (SSSR count). The number of carbonyl (C=O) groups is 1. The Labute approximate surface area is 186 Å². The number of carbonyl (C=O) groups excluding carboxylic acids is 1. The third-order valence-electron chi connectivity index (χ3n) is 4.38. The van der Waals surface area contributed by atoms with Crippen molar-refractivity contribution in [1.82, 2.24) is 9.78 Å². The average Bonchev–Trinajstić information content (AvgIpc) is 3.18. The summed E-state index contributed by atoms with van der Waals surface area (Å²) in [5, 5.41) is 7.89. The van der Waals surface area contributed by atoms with E-state index in [0.29, 0.717) is 60.0 Å². The van der Waals surface area contributed by atoms with Gasteiger partial charge >= 0.3 is 0 Å². The highest BCUT2D eigenvalue weighted by molar-refractivity contribution is 6.30. The molecule has 0 aliphatic heterocycles. The minimum absolute atomic E-state index is 0.303. The fraction of sp³-hybridized carbons (Fsp3) is 0.304. The van der Waals surface area contributed by atoms with Crippen LogP contribution in [0.15, 0.2) is 48.7 Å². The van der Waals surface area contributed by atoms with Gasteiger partial charge in [0, 0.05) is 16.7 Å². The van der Waals surface area contributed by atoms with Crippen molar-refractivity contribution in [1.29, 1.82) is 0 Å². The lowest BCUT2D eigenvalue weighted by atomic mass is 10.1. The zero-order chi connectivity index (χ0) is 22.2. The van der Waals surface area contributed by atoms with Crippen molar-refractivity contribution in [2.24, 2.45) is 0 Å². The maximum Gasteiger partial charge on any atom is 0.257 e. The summed E-state index contributed by atoms with van der Waals surface area (Å²) in [6.07, 6.45) is 1.64. The van der Waals surface area contributed by atoms with Crippen LogP contribution in [0.1, 0.15) is 36.7 Å². The molecule has 164 valence electrons. The quantitative estimate of drug-likeness (QED) is 0.475. The van der Waals surface area contributed by atoms with Crippen LogP contribution in [0.25, 0.3) is 0 Å². The monoisotopic (exact) mass is 443 g/mol. The Balaban J connectivity index is 1.85. The van der Waals surface area contributed by atoms with Gasteiger partial charge in [0.05, 0.1) is 32.6 Å². The predicted molar refractivity (Wildman–Crippen MR) is 121 cm³/mol. The van der Waals surface area contributed by atoms with Crippen LogP contribution in [0.3, 0.4) is 0 Å². The molecule has 0 aliphatic carbocycles. The zero-order valence-corrected chi connectivity index (χ0v) is 18.6.